The van der Waals surface area contributed by atoms with Gasteiger partial charge in [-0.1, -0.05) is 19.1 Å². The lowest BCUT2D eigenvalue weighted by molar-refractivity contribution is 0.272. The van der Waals surface area contributed by atoms with Crippen LogP contribution in [0, 0.1) is 5.92 Å². The second kappa shape index (κ2) is 5.81. The van der Waals surface area contributed by atoms with E-state index in [9.17, 15) is 0 Å². The third kappa shape index (κ3) is 3.02. The Morgan fingerprint density at radius 2 is 2.29 bits per heavy atom. The first-order valence-electron chi connectivity index (χ1n) is 4.92. The van der Waals surface area contributed by atoms with Crippen molar-refractivity contribution in [1.29, 1.82) is 0 Å². The average molecular weight is 277 g/mol. The molecule has 2 atom stereocenters. The zero-order valence-corrected chi connectivity index (χ0v) is 11.1. The molecule has 0 aromatic carbocycles. The molecule has 14 heavy (non-hydrogen) atoms. The molecule has 1 rings (SSSR count). The molecule has 4 heteroatoms. The predicted molar refractivity (Wildman–Crippen MR) is 69.1 cm³/mol. The lowest BCUT2D eigenvalue weighted by Crippen LogP contribution is -2.38. The molecule has 0 spiro atoms. The van der Waals surface area contributed by atoms with Crippen molar-refractivity contribution in [3.05, 3.63) is 12.2 Å². The van der Waals surface area contributed by atoms with Crippen LogP contribution >= 0.6 is 28.7 Å². The van der Waals surface area contributed by atoms with Crippen molar-refractivity contribution < 1.29 is 0 Å². The fourth-order valence-corrected chi connectivity index (χ4v) is 2.29. The highest BCUT2D eigenvalue weighted by molar-refractivity contribution is 9.18. The second-order valence-corrected chi connectivity index (χ2v) is 4.72. The third-order valence-electron chi connectivity index (χ3n) is 2.86. The summed E-state index contributed by atoms with van der Waals surface area (Å²) >= 11 is 7.32. The summed E-state index contributed by atoms with van der Waals surface area (Å²) in [6.45, 7) is 2.30. The van der Waals surface area contributed by atoms with Crippen LogP contribution in [0.4, 0.5) is 0 Å². The van der Waals surface area contributed by atoms with E-state index in [0.29, 0.717) is 12.0 Å². The Kier molecular flexibility index (Phi) is 5.02. The topological polar surface area (TPSA) is 15.6 Å². The smallest absolute Gasteiger partial charge is 0.180 e. The molecule has 0 radical (unpaired) electrons. The lowest BCUT2D eigenvalue weighted by Gasteiger charge is -2.31. The van der Waals surface area contributed by atoms with Crippen LogP contribution in [0.25, 0.3) is 0 Å². The van der Waals surface area contributed by atoms with E-state index in [4.69, 9.17) is 0 Å². The van der Waals surface area contributed by atoms with E-state index in [0.717, 1.165) is 11.2 Å². The van der Waals surface area contributed by atoms with Crippen molar-refractivity contribution in [2.45, 2.75) is 32.2 Å². The second-order valence-electron chi connectivity index (χ2n) is 3.81. The van der Waals surface area contributed by atoms with Gasteiger partial charge in [0.2, 0.25) is 0 Å². The Morgan fingerprint density at radius 1 is 1.57 bits per heavy atom. The van der Waals surface area contributed by atoms with Gasteiger partial charge in [0.15, 0.2) is 4.74 Å². The van der Waals surface area contributed by atoms with Crippen molar-refractivity contribution >= 4 is 33.5 Å². The molecular weight excluding hydrogens is 260 g/mol. The molecule has 0 aromatic rings. The minimum absolute atomic E-state index is 0.527. The maximum Gasteiger partial charge on any atom is 0.180 e. The molecule has 0 bridgehead atoms. The Hall–Kier alpha value is 0.0400. The fourth-order valence-electron chi connectivity index (χ4n) is 1.88. The standard InChI is InChI=1S/C10H17BrN2S/c1-8-6-4-3-5-7-9(8)13(2)10(11)12-14/h3,5,8-9,14H,4,6-7H2,1-2H3/b12-10-/t8?,9-/m0/s1. The first-order chi connectivity index (χ1) is 6.66. The van der Waals surface area contributed by atoms with Gasteiger partial charge < -0.3 is 4.90 Å². The van der Waals surface area contributed by atoms with Crippen LogP contribution in [0.2, 0.25) is 0 Å². The van der Waals surface area contributed by atoms with Crippen LogP contribution in [0.5, 0.6) is 0 Å². The SMILES string of the molecule is CC1CCC=CC[C@@H]1N(C)/C(Br)=N\S. The molecular formula is C10H17BrN2S. The third-order valence-corrected chi connectivity index (χ3v) is 4.06. The van der Waals surface area contributed by atoms with E-state index in [1.165, 1.54) is 12.8 Å². The molecule has 1 aliphatic rings. The van der Waals surface area contributed by atoms with E-state index >= 15 is 0 Å². The number of rotatable bonds is 1. The monoisotopic (exact) mass is 276 g/mol. The van der Waals surface area contributed by atoms with E-state index in [1.54, 1.807) is 0 Å². The maximum atomic E-state index is 3.91. The van der Waals surface area contributed by atoms with Crippen molar-refractivity contribution in [3.8, 4) is 0 Å². The summed E-state index contributed by atoms with van der Waals surface area (Å²) in [7, 11) is 2.06. The normalized spacial score (nSPS) is 28.7. The first kappa shape index (κ1) is 12.1. The molecule has 0 amide bonds. The highest BCUT2D eigenvalue weighted by Crippen LogP contribution is 2.24. The number of amidine groups is 1. The highest BCUT2D eigenvalue weighted by Gasteiger charge is 2.22. The van der Waals surface area contributed by atoms with Crippen LogP contribution in [0.15, 0.2) is 16.5 Å². The predicted octanol–water partition coefficient (Wildman–Crippen LogP) is 3.26. The summed E-state index contributed by atoms with van der Waals surface area (Å²) in [5.74, 6) is 0.692. The van der Waals surface area contributed by atoms with Gasteiger partial charge in [-0.3, -0.25) is 0 Å². The highest BCUT2D eigenvalue weighted by atomic mass is 79.9. The number of allylic oxidation sites excluding steroid dienone is 1. The van der Waals surface area contributed by atoms with Gasteiger partial charge in [-0.25, -0.2) is 0 Å². The van der Waals surface area contributed by atoms with Crippen LogP contribution in [0.1, 0.15) is 26.2 Å². The van der Waals surface area contributed by atoms with Crippen LogP contribution in [0.3, 0.4) is 0 Å². The number of hydrogen-bond acceptors (Lipinski definition) is 2. The molecule has 1 unspecified atom stereocenters. The first-order valence-corrected chi connectivity index (χ1v) is 6.11. The molecule has 80 valence electrons. The number of thiol groups is 1. The van der Waals surface area contributed by atoms with E-state index in [2.05, 4.69) is 64.2 Å². The number of nitrogens with zero attached hydrogens (tertiary/aromatic N) is 2. The molecule has 2 nitrogen and oxygen atoms in total. The minimum Gasteiger partial charge on any atom is -0.350 e. The van der Waals surface area contributed by atoms with E-state index < -0.39 is 0 Å². The molecule has 0 heterocycles. The van der Waals surface area contributed by atoms with Gasteiger partial charge in [0.25, 0.3) is 0 Å². The summed E-state index contributed by atoms with van der Waals surface area (Å²) in [5, 5.41) is 0. The molecule has 1 aliphatic carbocycles. The zero-order valence-electron chi connectivity index (χ0n) is 8.65. The van der Waals surface area contributed by atoms with Crippen LogP contribution < -0.4 is 0 Å². The van der Waals surface area contributed by atoms with Crippen molar-refractivity contribution in [3.63, 3.8) is 0 Å². The summed E-state index contributed by atoms with van der Waals surface area (Å²) in [4.78, 5) is 2.16. The van der Waals surface area contributed by atoms with Gasteiger partial charge in [-0.2, -0.15) is 4.40 Å². The molecule has 0 fully saturated rings. The van der Waals surface area contributed by atoms with Crippen LogP contribution in [-0.4, -0.2) is 22.7 Å². The number of hydrogen-bond donors (Lipinski definition) is 1. The average Bonchev–Trinajstić information content (AvgIpc) is 2.40. The Labute approximate surface area is 100 Å². The van der Waals surface area contributed by atoms with Gasteiger partial charge in [0.1, 0.15) is 0 Å². The van der Waals surface area contributed by atoms with E-state index in [1.807, 2.05) is 0 Å². The Bertz CT molecular complexity index is 240. The summed E-state index contributed by atoms with van der Waals surface area (Å²) in [6.07, 6.45) is 8.08. The molecule has 0 N–H and O–H groups in total. The molecule has 0 saturated carbocycles. The molecule has 0 saturated heterocycles. The van der Waals surface area contributed by atoms with Crippen LogP contribution in [-0.2, 0) is 0 Å². The van der Waals surface area contributed by atoms with Gasteiger partial charge in [-0.15, -0.1) is 0 Å². The fraction of sp³-hybridized carbons (Fsp3) is 0.700. The summed E-state index contributed by atoms with van der Waals surface area (Å²) < 4.78 is 4.67. The quantitative estimate of drug-likeness (QED) is 0.256. The van der Waals surface area contributed by atoms with Gasteiger partial charge in [0, 0.05) is 13.1 Å². The molecule has 0 aromatic heterocycles. The maximum absolute atomic E-state index is 3.91. The largest absolute Gasteiger partial charge is 0.350 e. The molecule has 0 aliphatic heterocycles. The van der Waals surface area contributed by atoms with Gasteiger partial charge in [-0.05, 0) is 53.9 Å². The number of halogens is 1. The minimum atomic E-state index is 0.527. The van der Waals surface area contributed by atoms with Crippen molar-refractivity contribution in [2.24, 2.45) is 10.3 Å². The van der Waals surface area contributed by atoms with Gasteiger partial charge >= 0.3 is 0 Å². The zero-order chi connectivity index (χ0) is 10.6. The Balaban J connectivity index is 2.68. The Morgan fingerprint density at radius 3 is 2.93 bits per heavy atom. The van der Waals surface area contributed by atoms with Crippen molar-refractivity contribution in [1.82, 2.24) is 4.90 Å². The summed E-state index contributed by atoms with van der Waals surface area (Å²) in [5.41, 5.74) is 0. The van der Waals surface area contributed by atoms with Gasteiger partial charge in [0.05, 0.1) is 0 Å². The lowest BCUT2D eigenvalue weighted by atomic mass is 9.96. The van der Waals surface area contributed by atoms with E-state index in [-0.39, 0.29) is 0 Å². The summed E-state index contributed by atoms with van der Waals surface area (Å²) in [6, 6.07) is 0.527. The van der Waals surface area contributed by atoms with Crippen molar-refractivity contribution in [2.75, 3.05) is 7.05 Å².